The number of rotatable bonds is 3. The van der Waals surface area contributed by atoms with Crippen molar-refractivity contribution in [2.24, 2.45) is 0 Å². The molecule has 0 aromatic heterocycles. The average molecular weight is 275 g/mol. The number of halogens is 1. The highest BCUT2D eigenvalue weighted by Gasteiger charge is 2.30. The third-order valence-electron chi connectivity index (χ3n) is 4.71. The van der Waals surface area contributed by atoms with Crippen LogP contribution in [0.5, 0.6) is 5.75 Å². The first-order valence-electron chi connectivity index (χ1n) is 7.41. The van der Waals surface area contributed by atoms with Gasteiger partial charge in [-0.3, -0.25) is 4.90 Å². The van der Waals surface area contributed by atoms with Gasteiger partial charge in [-0.15, -0.1) is 0 Å². The van der Waals surface area contributed by atoms with Gasteiger partial charge in [-0.2, -0.15) is 0 Å². The van der Waals surface area contributed by atoms with E-state index in [1.807, 2.05) is 6.07 Å². The molecule has 0 amide bonds. The Bertz CT molecular complexity index is 526. The maximum Gasteiger partial charge on any atom is 0.165 e. The zero-order valence-corrected chi connectivity index (χ0v) is 12.2. The number of benzene rings is 1. The fraction of sp³-hybridized carbons (Fsp3) is 0.529. The van der Waals surface area contributed by atoms with Crippen LogP contribution in [0.15, 0.2) is 29.8 Å². The van der Waals surface area contributed by atoms with Crippen LogP contribution >= 0.6 is 0 Å². The molecule has 0 spiro atoms. The second kappa shape index (κ2) is 5.57. The Morgan fingerprint density at radius 3 is 2.90 bits per heavy atom. The van der Waals surface area contributed by atoms with Gasteiger partial charge in [0.15, 0.2) is 11.6 Å². The summed E-state index contributed by atoms with van der Waals surface area (Å²) in [6.45, 7) is 0. The van der Waals surface area contributed by atoms with Gasteiger partial charge in [0.1, 0.15) is 0 Å². The maximum atomic E-state index is 13.7. The van der Waals surface area contributed by atoms with E-state index >= 15 is 0 Å². The van der Waals surface area contributed by atoms with E-state index in [0.29, 0.717) is 17.8 Å². The summed E-state index contributed by atoms with van der Waals surface area (Å²) < 4.78 is 18.7. The van der Waals surface area contributed by atoms with Gasteiger partial charge in [-0.25, -0.2) is 4.39 Å². The summed E-state index contributed by atoms with van der Waals surface area (Å²) in [4.78, 5) is 2.50. The van der Waals surface area contributed by atoms with E-state index in [1.54, 1.807) is 12.1 Å². The molecule has 0 saturated carbocycles. The molecule has 108 valence electrons. The normalized spacial score (nSPS) is 26.2. The standard InChI is InChI=1S/C17H22FNO/c1-19-14-4-3-5-15(19)10-13(9-14)8-12-6-7-17(20-2)16(18)11-12/h6-7,9,11,14-15H,3-5,8,10H2,1-2H3. The highest BCUT2D eigenvalue weighted by Crippen LogP contribution is 2.33. The predicted molar refractivity (Wildman–Crippen MR) is 78.5 cm³/mol. The first kappa shape index (κ1) is 13.6. The molecule has 2 heterocycles. The first-order chi connectivity index (χ1) is 9.67. The number of hydrogen-bond donors (Lipinski definition) is 0. The van der Waals surface area contributed by atoms with Crippen molar-refractivity contribution in [1.29, 1.82) is 0 Å². The number of hydrogen-bond acceptors (Lipinski definition) is 2. The summed E-state index contributed by atoms with van der Waals surface area (Å²) in [6.07, 6.45) is 8.27. The van der Waals surface area contributed by atoms with Crippen LogP contribution in [0.3, 0.4) is 0 Å². The van der Waals surface area contributed by atoms with Gasteiger partial charge < -0.3 is 4.74 Å². The summed E-state index contributed by atoms with van der Waals surface area (Å²) in [5.74, 6) is 0.0571. The Labute approximate surface area is 120 Å². The minimum atomic E-state index is -0.265. The molecular formula is C17H22FNO. The topological polar surface area (TPSA) is 12.5 Å². The largest absolute Gasteiger partial charge is 0.494 e. The van der Waals surface area contributed by atoms with Crippen LogP contribution in [-0.2, 0) is 6.42 Å². The summed E-state index contributed by atoms with van der Waals surface area (Å²) >= 11 is 0. The SMILES string of the molecule is COc1ccc(CC2=CC3CCCC(C2)N3C)cc1F. The summed E-state index contributed by atoms with van der Waals surface area (Å²) in [5, 5.41) is 0. The van der Waals surface area contributed by atoms with E-state index in [0.717, 1.165) is 18.4 Å². The summed E-state index contributed by atoms with van der Waals surface area (Å²) in [7, 11) is 3.73. The minimum absolute atomic E-state index is 0.265. The van der Waals surface area contributed by atoms with Crippen LogP contribution in [0, 0.1) is 5.82 Å². The molecule has 3 rings (SSSR count). The lowest BCUT2D eigenvalue weighted by Gasteiger charge is -2.42. The molecule has 0 N–H and O–H groups in total. The van der Waals surface area contributed by atoms with Gasteiger partial charge >= 0.3 is 0 Å². The van der Waals surface area contributed by atoms with Crippen molar-refractivity contribution < 1.29 is 9.13 Å². The highest BCUT2D eigenvalue weighted by atomic mass is 19.1. The van der Waals surface area contributed by atoms with E-state index in [2.05, 4.69) is 18.0 Å². The number of likely N-dealkylation sites (N-methyl/N-ethyl adjacent to an activating group) is 1. The van der Waals surface area contributed by atoms with Crippen molar-refractivity contribution in [3.8, 4) is 5.75 Å². The van der Waals surface area contributed by atoms with Crippen LogP contribution < -0.4 is 4.74 Å². The number of fused-ring (bicyclic) bond motifs is 2. The van der Waals surface area contributed by atoms with E-state index in [9.17, 15) is 4.39 Å². The molecular weight excluding hydrogens is 253 g/mol. The summed E-state index contributed by atoms with van der Waals surface area (Å²) in [5.41, 5.74) is 2.50. The number of nitrogens with zero attached hydrogens (tertiary/aromatic N) is 1. The molecule has 2 atom stereocenters. The first-order valence-corrected chi connectivity index (χ1v) is 7.41. The van der Waals surface area contributed by atoms with Gasteiger partial charge in [0, 0.05) is 12.1 Å². The fourth-order valence-corrected chi connectivity index (χ4v) is 3.54. The van der Waals surface area contributed by atoms with Gasteiger partial charge in [0.2, 0.25) is 0 Å². The molecule has 2 unspecified atom stereocenters. The molecule has 0 aliphatic carbocycles. The van der Waals surface area contributed by atoms with Gasteiger partial charge in [0.05, 0.1) is 7.11 Å². The predicted octanol–water partition coefficient (Wildman–Crippen LogP) is 3.56. The molecule has 1 fully saturated rings. The number of ether oxygens (including phenoxy) is 1. The van der Waals surface area contributed by atoms with Gasteiger partial charge in [-0.05, 0) is 50.4 Å². The average Bonchev–Trinajstić information content (AvgIpc) is 2.40. The monoisotopic (exact) mass is 275 g/mol. The van der Waals surface area contributed by atoms with Crippen LogP contribution in [0.25, 0.3) is 0 Å². The highest BCUT2D eigenvalue weighted by molar-refractivity contribution is 5.32. The van der Waals surface area contributed by atoms with E-state index < -0.39 is 0 Å². The maximum absolute atomic E-state index is 13.7. The lowest BCUT2D eigenvalue weighted by atomic mass is 9.84. The number of piperidine rings is 1. The third-order valence-corrected chi connectivity index (χ3v) is 4.71. The molecule has 3 heteroatoms. The van der Waals surface area contributed by atoms with Gasteiger partial charge in [0.25, 0.3) is 0 Å². The molecule has 20 heavy (non-hydrogen) atoms. The lowest BCUT2D eigenvalue weighted by molar-refractivity contribution is 0.129. The Hall–Kier alpha value is -1.35. The Morgan fingerprint density at radius 1 is 1.35 bits per heavy atom. The molecule has 2 nitrogen and oxygen atoms in total. The second-order valence-electron chi connectivity index (χ2n) is 5.99. The molecule has 2 aliphatic heterocycles. The Kier molecular flexibility index (Phi) is 3.79. The van der Waals surface area contributed by atoms with E-state index in [-0.39, 0.29) is 5.82 Å². The second-order valence-corrected chi connectivity index (χ2v) is 5.99. The third kappa shape index (κ3) is 2.59. The molecule has 2 bridgehead atoms. The Morgan fingerprint density at radius 2 is 2.20 bits per heavy atom. The van der Waals surface area contributed by atoms with Crippen molar-refractivity contribution in [3.63, 3.8) is 0 Å². The Balaban J connectivity index is 1.76. The molecule has 1 aromatic rings. The number of methoxy groups -OCH3 is 1. The van der Waals surface area contributed by atoms with Crippen molar-refractivity contribution >= 4 is 0 Å². The van der Waals surface area contributed by atoms with Crippen LogP contribution in [0.4, 0.5) is 4.39 Å². The molecule has 1 saturated heterocycles. The molecule has 1 aromatic carbocycles. The van der Waals surface area contributed by atoms with Crippen LogP contribution in [0.1, 0.15) is 31.2 Å². The lowest BCUT2D eigenvalue weighted by Crippen LogP contribution is -2.46. The zero-order chi connectivity index (χ0) is 14.1. The summed E-state index contributed by atoms with van der Waals surface area (Å²) in [6, 6.07) is 6.56. The minimum Gasteiger partial charge on any atom is -0.494 e. The van der Waals surface area contributed by atoms with Crippen LogP contribution in [-0.4, -0.2) is 31.1 Å². The van der Waals surface area contributed by atoms with Crippen molar-refractivity contribution in [3.05, 3.63) is 41.2 Å². The molecule has 2 aliphatic rings. The quantitative estimate of drug-likeness (QED) is 0.782. The van der Waals surface area contributed by atoms with Crippen molar-refractivity contribution in [2.45, 2.75) is 44.2 Å². The van der Waals surface area contributed by atoms with Crippen molar-refractivity contribution in [2.75, 3.05) is 14.2 Å². The smallest absolute Gasteiger partial charge is 0.165 e. The van der Waals surface area contributed by atoms with Crippen LogP contribution in [0.2, 0.25) is 0 Å². The van der Waals surface area contributed by atoms with E-state index in [1.165, 1.54) is 31.9 Å². The fourth-order valence-electron chi connectivity index (χ4n) is 3.54. The molecule has 0 radical (unpaired) electrons. The van der Waals surface area contributed by atoms with Crippen molar-refractivity contribution in [1.82, 2.24) is 4.90 Å². The van der Waals surface area contributed by atoms with E-state index in [4.69, 9.17) is 4.74 Å². The zero-order valence-electron chi connectivity index (χ0n) is 12.2. The van der Waals surface area contributed by atoms with Gasteiger partial charge in [-0.1, -0.05) is 24.1 Å².